The molecule has 4 rings (SSSR count). The number of rotatable bonds is 7. The molecule has 1 N–H and O–H groups in total. The summed E-state index contributed by atoms with van der Waals surface area (Å²) in [5.41, 5.74) is 1.85. The molecule has 8 nitrogen and oxygen atoms in total. The molecule has 0 bridgehead atoms. The first kappa shape index (κ1) is 23.0. The molecule has 1 amide bonds. The number of hydrogen-bond acceptors (Lipinski definition) is 7. The SMILES string of the molecule is CC(Sc1ccc(S(=O)(=O)N2CCCC2)cn1)C(=O)Nc1ccc(N2CCOCC2)cc1. The topological polar surface area (TPSA) is 91.8 Å². The van der Waals surface area contributed by atoms with Gasteiger partial charge >= 0.3 is 0 Å². The van der Waals surface area contributed by atoms with Gasteiger partial charge in [0.05, 0.1) is 23.5 Å². The van der Waals surface area contributed by atoms with E-state index in [0.29, 0.717) is 18.1 Å². The maximum Gasteiger partial charge on any atom is 0.244 e. The van der Waals surface area contributed by atoms with E-state index in [0.717, 1.165) is 50.5 Å². The largest absolute Gasteiger partial charge is 0.378 e. The molecule has 2 aliphatic heterocycles. The van der Waals surface area contributed by atoms with Crippen LogP contribution in [0, 0.1) is 0 Å². The van der Waals surface area contributed by atoms with Crippen LogP contribution >= 0.6 is 11.8 Å². The fourth-order valence-corrected chi connectivity index (χ4v) is 5.97. The number of nitrogens with zero attached hydrogens (tertiary/aromatic N) is 3. The van der Waals surface area contributed by atoms with Crippen molar-refractivity contribution in [3.8, 4) is 0 Å². The van der Waals surface area contributed by atoms with Gasteiger partial charge in [0.25, 0.3) is 0 Å². The third-order valence-electron chi connectivity index (χ3n) is 5.59. The molecule has 1 unspecified atom stereocenters. The van der Waals surface area contributed by atoms with E-state index < -0.39 is 10.0 Å². The quantitative estimate of drug-likeness (QED) is 0.615. The number of aromatic nitrogens is 1. The van der Waals surface area contributed by atoms with E-state index >= 15 is 0 Å². The highest BCUT2D eigenvalue weighted by Gasteiger charge is 2.27. The second-order valence-electron chi connectivity index (χ2n) is 7.84. The molecule has 2 saturated heterocycles. The second kappa shape index (κ2) is 10.2. The Morgan fingerprint density at radius 2 is 1.75 bits per heavy atom. The van der Waals surface area contributed by atoms with Crippen LogP contribution in [0.15, 0.2) is 52.5 Å². The number of carbonyl (C=O) groups is 1. The number of thioether (sulfide) groups is 1. The molecule has 0 saturated carbocycles. The molecule has 1 aromatic heterocycles. The van der Waals surface area contributed by atoms with Crippen molar-refractivity contribution in [2.24, 2.45) is 0 Å². The first-order valence-corrected chi connectivity index (χ1v) is 13.1. The maximum atomic E-state index is 12.6. The third kappa shape index (κ3) is 5.43. The van der Waals surface area contributed by atoms with Gasteiger partial charge in [-0.2, -0.15) is 4.31 Å². The van der Waals surface area contributed by atoms with Gasteiger partial charge in [0.2, 0.25) is 15.9 Å². The van der Waals surface area contributed by atoms with Crippen molar-refractivity contribution in [3.63, 3.8) is 0 Å². The lowest BCUT2D eigenvalue weighted by atomic mass is 10.2. The van der Waals surface area contributed by atoms with Crippen LogP contribution in [0.3, 0.4) is 0 Å². The zero-order valence-corrected chi connectivity index (χ0v) is 19.7. The van der Waals surface area contributed by atoms with E-state index in [4.69, 9.17) is 4.74 Å². The number of pyridine rings is 1. The Bertz CT molecular complexity index is 1020. The van der Waals surface area contributed by atoms with E-state index in [1.807, 2.05) is 24.3 Å². The molecule has 2 fully saturated rings. The van der Waals surface area contributed by atoms with Crippen LogP contribution in [0.5, 0.6) is 0 Å². The highest BCUT2D eigenvalue weighted by molar-refractivity contribution is 8.00. The van der Waals surface area contributed by atoms with Gasteiger partial charge in [-0.25, -0.2) is 13.4 Å². The zero-order valence-electron chi connectivity index (χ0n) is 18.1. The predicted molar refractivity (Wildman–Crippen MR) is 126 cm³/mol. The summed E-state index contributed by atoms with van der Waals surface area (Å²) in [6.07, 6.45) is 3.16. The minimum absolute atomic E-state index is 0.135. The molecular weight excluding hydrogens is 448 g/mol. The molecule has 2 aromatic rings. The Balaban J connectivity index is 1.32. The third-order valence-corrected chi connectivity index (χ3v) is 8.52. The number of amides is 1. The molecule has 172 valence electrons. The molecular formula is C22H28N4O4S2. The van der Waals surface area contributed by atoms with E-state index in [1.54, 1.807) is 19.1 Å². The minimum Gasteiger partial charge on any atom is -0.378 e. The summed E-state index contributed by atoms with van der Waals surface area (Å²) in [6, 6.07) is 11.0. The number of morpholine rings is 1. The van der Waals surface area contributed by atoms with E-state index in [-0.39, 0.29) is 16.1 Å². The first-order valence-electron chi connectivity index (χ1n) is 10.8. The Morgan fingerprint density at radius 1 is 1.06 bits per heavy atom. The average molecular weight is 477 g/mol. The van der Waals surface area contributed by atoms with Gasteiger partial charge in [0, 0.05) is 43.8 Å². The van der Waals surface area contributed by atoms with Gasteiger partial charge in [-0.1, -0.05) is 11.8 Å². The second-order valence-corrected chi connectivity index (χ2v) is 11.1. The van der Waals surface area contributed by atoms with Gasteiger partial charge in [0.15, 0.2) is 0 Å². The standard InChI is InChI=1S/C22H28N4O4S2/c1-17(22(27)24-18-4-6-19(7-5-18)25-12-14-30-15-13-25)31-21-9-8-20(16-23-21)32(28,29)26-10-2-3-11-26/h4-9,16-17H,2-3,10-15H2,1H3,(H,24,27). The Hall–Kier alpha value is -2.14. The van der Waals surface area contributed by atoms with Crippen molar-refractivity contribution in [2.75, 3.05) is 49.6 Å². The van der Waals surface area contributed by atoms with Crippen LogP contribution in [-0.4, -0.2) is 68.3 Å². The highest BCUT2D eigenvalue weighted by Crippen LogP contribution is 2.26. The summed E-state index contributed by atoms with van der Waals surface area (Å²) in [5.74, 6) is -0.135. The fraction of sp³-hybridized carbons (Fsp3) is 0.455. The van der Waals surface area contributed by atoms with Crippen molar-refractivity contribution >= 4 is 39.1 Å². The smallest absolute Gasteiger partial charge is 0.244 e. The lowest BCUT2D eigenvalue weighted by Crippen LogP contribution is -2.36. The monoisotopic (exact) mass is 476 g/mol. The highest BCUT2D eigenvalue weighted by atomic mass is 32.2. The lowest BCUT2D eigenvalue weighted by molar-refractivity contribution is -0.115. The summed E-state index contributed by atoms with van der Waals surface area (Å²) in [5, 5.41) is 3.15. The number of carbonyl (C=O) groups excluding carboxylic acids is 1. The van der Waals surface area contributed by atoms with Crippen LogP contribution in [0.2, 0.25) is 0 Å². The summed E-state index contributed by atoms with van der Waals surface area (Å²) in [6.45, 7) is 6.11. The molecule has 32 heavy (non-hydrogen) atoms. The molecule has 0 aliphatic carbocycles. The van der Waals surface area contributed by atoms with Crippen molar-refractivity contribution in [3.05, 3.63) is 42.6 Å². The van der Waals surface area contributed by atoms with Crippen LogP contribution in [-0.2, 0) is 19.6 Å². The number of hydrogen-bond donors (Lipinski definition) is 1. The first-order chi connectivity index (χ1) is 15.4. The molecule has 2 aliphatic rings. The molecule has 1 atom stereocenters. The van der Waals surface area contributed by atoms with Crippen LogP contribution in [0.25, 0.3) is 0 Å². The van der Waals surface area contributed by atoms with Crippen molar-refractivity contribution in [1.29, 1.82) is 0 Å². The zero-order chi connectivity index (χ0) is 22.6. The van der Waals surface area contributed by atoms with Crippen LogP contribution in [0.4, 0.5) is 11.4 Å². The van der Waals surface area contributed by atoms with Gasteiger partial charge < -0.3 is 15.0 Å². The Labute approximate surface area is 193 Å². The lowest BCUT2D eigenvalue weighted by Gasteiger charge is -2.28. The van der Waals surface area contributed by atoms with Crippen LogP contribution < -0.4 is 10.2 Å². The van der Waals surface area contributed by atoms with Gasteiger partial charge in [-0.15, -0.1) is 0 Å². The Kier molecular flexibility index (Phi) is 7.34. The maximum absolute atomic E-state index is 12.6. The van der Waals surface area contributed by atoms with Crippen LogP contribution in [0.1, 0.15) is 19.8 Å². The normalized spacial score (nSPS) is 18.5. The van der Waals surface area contributed by atoms with Crippen molar-refractivity contribution < 1.29 is 17.9 Å². The summed E-state index contributed by atoms with van der Waals surface area (Å²) in [4.78, 5) is 19.3. The predicted octanol–water partition coefficient (Wildman–Crippen LogP) is 2.82. The van der Waals surface area contributed by atoms with E-state index in [9.17, 15) is 13.2 Å². The number of nitrogens with one attached hydrogen (secondary N) is 1. The summed E-state index contributed by atoms with van der Waals surface area (Å²) >= 11 is 1.29. The molecule has 0 radical (unpaired) electrons. The number of benzene rings is 1. The van der Waals surface area contributed by atoms with Gasteiger partial charge in [-0.3, -0.25) is 4.79 Å². The summed E-state index contributed by atoms with van der Waals surface area (Å²) < 4.78 is 32.1. The van der Waals surface area contributed by atoms with E-state index in [1.165, 1.54) is 22.3 Å². The number of anilines is 2. The van der Waals surface area contributed by atoms with Gasteiger partial charge in [-0.05, 0) is 56.2 Å². The number of ether oxygens (including phenoxy) is 1. The average Bonchev–Trinajstić information content (AvgIpc) is 3.36. The van der Waals surface area contributed by atoms with E-state index in [2.05, 4.69) is 15.2 Å². The van der Waals surface area contributed by atoms with Gasteiger partial charge in [0.1, 0.15) is 4.90 Å². The molecule has 0 spiro atoms. The molecule has 10 heteroatoms. The summed E-state index contributed by atoms with van der Waals surface area (Å²) in [7, 11) is -3.48. The Morgan fingerprint density at radius 3 is 2.38 bits per heavy atom. The van der Waals surface area contributed by atoms with Crippen molar-refractivity contribution in [2.45, 2.75) is 34.9 Å². The number of sulfonamides is 1. The molecule has 3 heterocycles. The fourth-order valence-electron chi connectivity index (χ4n) is 3.72. The minimum atomic E-state index is -3.48. The molecule has 1 aromatic carbocycles. The van der Waals surface area contributed by atoms with Crippen molar-refractivity contribution in [1.82, 2.24) is 9.29 Å².